The number of hydrogen-bond acceptors (Lipinski definition) is 5. The molecule has 5 N–H and O–H groups in total. The molecule has 0 aromatic heterocycles. The maximum atomic E-state index is 10.3. The largest absolute Gasteiger partial charge is 0.479 e. The summed E-state index contributed by atoms with van der Waals surface area (Å²) in [6.07, 6.45) is 0.00674. The van der Waals surface area contributed by atoms with Crippen LogP contribution in [-0.4, -0.2) is 55.8 Å². The number of hydrogen-bond donors (Lipinski definition) is 5. The minimum absolute atomic E-state index is 0.0374. The average molecular weight is 252 g/mol. The average Bonchev–Trinajstić information content (AvgIpc) is 2.18. The first-order chi connectivity index (χ1) is 7.65. The highest BCUT2D eigenvalue weighted by Crippen LogP contribution is 2.12. The third-order valence-corrected chi connectivity index (χ3v) is 1.89. The molecule has 7 nitrogen and oxygen atoms in total. The van der Waals surface area contributed by atoms with E-state index < -0.39 is 23.6 Å². The first-order valence-electron chi connectivity index (χ1n) is 5.12. The molecule has 0 bridgehead atoms. The zero-order valence-corrected chi connectivity index (χ0v) is 9.96. The van der Waals surface area contributed by atoms with Gasteiger partial charge in [-0.05, 0) is 33.1 Å². The van der Waals surface area contributed by atoms with Crippen molar-refractivity contribution in [1.82, 2.24) is 0 Å². The van der Waals surface area contributed by atoms with Gasteiger partial charge >= 0.3 is 11.9 Å². The number of aliphatic hydroxyl groups is 3. The van der Waals surface area contributed by atoms with Gasteiger partial charge in [0.15, 0.2) is 5.60 Å². The van der Waals surface area contributed by atoms with E-state index >= 15 is 0 Å². The van der Waals surface area contributed by atoms with Crippen LogP contribution in [0, 0.1) is 0 Å². The number of carboxylic acid groups (broad SMARTS) is 2. The highest BCUT2D eigenvalue weighted by atomic mass is 16.4. The van der Waals surface area contributed by atoms with E-state index in [0.717, 1.165) is 0 Å². The van der Waals surface area contributed by atoms with E-state index in [-0.39, 0.29) is 13.0 Å². The number of aliphatic hydroxyl groups excluding tert-OH is 2. The summed E-state index contributed by atoms with van der Waals surface area (Å²) < 4.78 is 0. The summed E-state index contributed by atoms with van der Waals surface area (Å²) in [4.78, 5) is 19.8. The minimum Gasteiger partial charge on any atom is -0.479 e. The molecule has 0 saturated heterocycles. The van der Waals surface area contributed by atoms with Gasteiger partial charge in [0.25, 0.3) is 0 Å². The zero-order chi connectivity index (χ0) is 14.1. The molecule has 0 amide bonds. The molecule has 2 atom stereocenters. The maximum Gasteiger partial charge on any atom is 0.335 e. The van der Waals surface area contributed by atoms with Crippen molar-refractivity contribution in [3.05, 3.63) is 0 Å². The smallest absolute Gasteiger partial charge is 0.335 e. The summed E-state index contributed by atoms with van der Waals surface area (Å²) in [6, 6.07) is 0. The monoisotopic (exact) mass is 252 g/mol. The van der Waals surface area contributed by atoms with Crippen LogP contribution in [0.25, 0.3) is 0 Å². The second kappa shape index (κ2) is 8.91. The molecule has 0 aliphatic heterocycles. The number of unbranched alkanes of at least 4 members (excludes halogenated alkanes) is 1. The minimum atomic E-state index is -1.64. The molecule has 0 saturated carbocycles. The third-order valence-electron chi connectivity index (χ3n) is 1.89. The van der Waals surface area contributed by atoms with Crippen molar-refractivity contribution in [2.45, 2.75) is 44.8 Å². The summed E-state index contributed by atoms with van der Waals surface area (Å²) in [6.45, 7) is 2.49. The number of aliphatic carboxylic acids is 2. The Morgan fingerprint density at radius 3 is 1.88 bits per heavy atom. The Kier molecular flexibility index (Phi) is 9.54. The zero-order valence-electron chi connectivity index (χ0n) is 9.96. The number of carbonyl (C=O) groups is 2. The van der Waals surface area contributed by atoms with E-state index in [1.54, 1.807) is 0 Å². The Balaban J connectivity index is 0. The Morgan fingerprint density at radius 1 is 1.24 bits per heavy atom. The summed E-state index contributed by atoms with van der Waals surface area (Å²) >= 11 is 0. The van der Waals surface area contributed by atoms with E-state index in [4.69, 9.17) is 25.5 Å². The van der Waals surface area contributed by atoms with Crippen molar-refractivity contribution in [2.75, 3.05) is 6.61 Å². The lowest BCUT2D eigenvalue weighted by Gasteiger charge is -2.16. The summed E-state index contributed by atoms with van der Waals surface area (Å²) in [5, 5.41) is 41.7. The van der Waals surface area contributed by atoms with Crippen LogP contribution < -0.4 is 0 Å². The van der Waals surface area contributed by atoms with Crippen molar-refractivity contribution < 1.29 is 35.1 Å². The molecular weight excluding hydrogens is 232 g/mol. The summed E-state index contributed by atoms with van der Waals surface area (Å²) in [7, 11) is 0. The fraction of sp³-hybridized carbons (Fsp3) is 0.800. The normalized spacial score (nSPS) is 15.1. The molecule has 0 rings (SSSR count). The molecule has 0 aromatic rings. The molecule has 0 heterocycles. The molecule has 0 aliphatic carbocycles. The Labute approximate surface area is 99.3 Å². The van der Waals surface area contributed by atoms with Gasteiger partial charge in [0.05, 0.1) is 0 Å². The molecule has 0 fully saturated rings. The Hall–Kier alpha value is -1.18. The first kappa shape index (κ1) is 18.2. The molecule has 0 spiro atoms. The number of rotatable bonds is 6. The fourth-order valence-corrected chi connectivity index (χ4v) is 0.688. The molecule has 0 radical (unpaired) electrons. The van der Waals surface area contributed by atoms with Gasteiger partial charge in [0.2, 0.25) is 0 Å². The van der Waals surface area contributed by atoms with Crippen LogP contribution in [0.1, 0.15) is 33.1 Å². The van der Waals surface area contributed by atoms with Crippen molar-refractivity contribution in [1.29, 1.82) is 0 Å². The van der Waals surface area contributed by atoms with Gasteiger partial charge in [-0.15, -0.1) is 0 Å². The fourth-order valence-electron chi connectivity index (χ4n) is 0.688. The summed E-state index contributed by atoms with van der Waals surface area (Å²) in [5.74, 6) is -2.40. The Bertz CT molecular complexity index is 235. The van der Waals surface area contributed by atoms with Crippen LogP contribution in [-0.2, 0) is 9.59 Å². The van der Waals surface area contributed by atoms with E-state index in [1.165, 1.54) is 13.8 Å². The predicted octanol–water partition coefficient (Wildman–Crippen LogP) is -0.564. The van der Waals surface area contributed by atoms with Crippen LogP contribution in [0.4, 0.5) is 0 Å². The van der Waals surface area contributed by atoms with Gasteiger partial charge in [-0.25, -0.2) is 9.59 Å². The van der Waals surface area contributed by atoms with Crippen molar-refractivity contribution in [3.8, 4) is 0 Å². The second-order valence-electron chi connectivity index (χ2n) is 3.77. The van der Waals surface area contributed by atoms with Gasteiger partial charge in [0, 0.05) is 6.61 Å². The van der Waals surface area contributed by atoms with E-state index in [0.29, 0.717) is 12.8 Å². The Morgan fingerprint density at radius 2 is 1.65 bits per heavy atom. The van der Waals surface area contributed by atoms with Gasteiger partial charge in [-0.3, -0.25) is 0 Å². The standard InChI is InChI=1S/C7H14O4.C3H6O3/c1-7(11,6(9)10)4-2-3-5-8;1-2(4)3(5)6/h8,11H,2-5H2,1H3,(H,9,10);2,4H,1H3,(H,5,6). The quantitative estimate of drug-likeness (QED) is 0.400. The number of carboxylic acids is 2. The van der Waals surface area contributed by atoms with Gasteiger partial charge in [-0.1, -0.05) is 0 Å². The topological polar surface area (TPSA) is 135 Å². The lowest BCUT2D eigenvalue weighted by molar-refractivity contribution is -0.157. The van der Waals surface area contributed by atoms with Gasteiger partial charge in [-0.2, -0.15) is 0 Å². The van der Waals surface area contributed by atoms with Crippen LogP contribution in [0.15, 0.2) is 0 Å². The highest BCUT2D eigenvalue weighted by molar-refractivity contribution is 5.76. The first-order valence-corrected chi connectivity index (χ1v) is 5.12. The predicted molar refractivity (Wildman–Crippen MR) is 58.5 cm³/mol. The van der Waals surface area contributed by atoms with Gasteiger partial charge in [0.1, 0.15) is 6.10 Å². The SMILES string of the molecule is CC(O)(CCCCO)C(=O)O.CC(O)C(=O)O. The molecule has 0 aromatic carbocycles. The van der Waals surface area contributed by atoms with Crippen molar-refractivity contribution in [3.63, 3.8) is 0 Å². The van der Waals surface area contributed by atoms with E-state index in [2.05, 4.69) is 0 Å². The molecule has 2 unspecified atom stereocenters. The highest BCUT2D eigenvalue weighted by Gasteiger charge is 2.28. The van der Waals surface area contributed by atoms with Gasteiger partial charge < -0.3 is 25.5 Å². The van der Waals surface area contributed by atoms with E-state index in [9.17, 15) is 9.59 Å². The second-order valence-corrected chi connectivity index (χ2v) is 3.77. The summed E-state index contributed by atoms with van der Waals surface area (Å²) in [5.41, 5.74) is -1.64. The molecule has 0 aliphatic rings. The third kappa shape index (κ3) is 11.1. The lowest BCUT2D eigenvalue weighted by Crippen LogP contribution is -2.34. The van der Waals surface area contributed by atoms with Crippen LogP contribution in [0.3, 0.4) is 0 Å². The lowest BCUT2D eigenvalue weighted by atomic mass is 10.00. The maximum absolute atomic E-state index is 10.3. The molecular formula is C10H20O7. The van der Waals surface area contributed by atoms with Crippen LogP contribution in [0.2, 0.25) is 0 Å². The molecule has 17 heavy (non-hydrogen) atoms. The molecule has 7 heteroatoms. The van der Waals surface area contributed by atoms with Crippen LogP contribution >= 0.6 is 0 Å². The van der Waals surface area contributed by atoms with Crippen LogP contribution in [0.5, 0.6) is 0 Å². The van der Waals surface area contributed by atoms with E-state index in [1.807, 2.05) is 0 Å². The molecule has 102 valence electrons. The van der Waals surface area contributed by atoms with Crippen molar-refractivity contribution >= 4 is 11.9 Å². The van der Waals surface area contributed by atoms with Crippen molar-refractivity contribution in [2.24, 2.45) is 0 Å².